The lowest BCUT2D eigenvalue weighted by atomic mass is 10.1. The summed E-state index contributed by atoms with van der Waals surface area (Å²) < 4.78 is 1.84. The van der Waals surface area contributed by atoms with E-state index in [1.807, 2.05) is 14.5 Å². The highest BCUT2D eigenvalue weighted by Crippen LogP contribution is 2.36. The van der Waals surface area contributed by atoms with Crippen LogP contribution in [0.3, 0.4) is 0 Å². The minimum atomic E-state index is 0.118. The standard InChI is InChI=1S/C17H27N7O2S/c25-15(22-6-2-1-3-7-22)12-21-8-10-23(11-9-21)16(26)13-27-17-18-19-20-24(17)14-4-5-14/h14H,1-13H2. The van der Waals surface area contributed by atoms with Gasteiger partial charge in [-0.3, -0.25) is 14.5 Å². The van der Waals surface area contributed by atoms with Gasteiger partial charge >= 0.3 is 0 Å². The van der Waals surface area contributed by atoms with E-state index >= 15 is 0 Å². The summed E-state index contributed by atoms with van der Waals surface area (Å²) in [6, 6.07) is 0.415. The minimum absolute atomic E-state index is 0.118. The summed E-state index contributed by atoms with van der Waals surface area (Å²) >= 11 is 1.42. The van der Waals surface area contributed by atoms with Gasteiger partial charge in [0.25, 0.3) is 0 Å². The molecule has 3 fully saturated rings. The van der Waals surface area contributed by atoms with Gasteiger partial charge in [0, 0.05) is 39.3 Å². The van der Waals surface area contributed by atoms with E-state index in [0.717, 1.165) is 57.0 Å². The third-order valence-corrected chi connectivity index (χ3v) is 6.39. The van der Waals surface area contributed by atoms with Crippen LogP contribution in [0.4, 0.5) is 0 Å². The molecule has 0 radical (unpaired) electrons. The summed E-state index contributed by atoms with van der Waals surface area (Å²) in [5, 5.41) is 12.5. The number of nitrogens with zero attached hydrogens (tertiary/aromatic N) is 7. The van der Waals surface area contributed by atoms with Crippen LogP contribution in [0.2, 0.25) is 0 Å². The second-order valence-electron chi connectivity index (χ2n) is 7.52. The third-order valence-electron chi connectivity index (χ3n) is 5.47. The van der Waals surface area contributed by atoms with Crippen molar-refractivity contribution in [3.05, 3.63) is 0 Å². The first kappa shape index (κ1) is 18.7. The Hall–Kier alpha value is -1.68. The van der Waals surface area contributed by atoms with Crippen LogP contribution >= 0.6 is 11.8 Å². The fraction of sp³-hybridized carbons (Fsp3) is 0.824. The molecule has 1 saturated carbocycles. The monoisotopic (exact) mass is 393 g/mol. The second kappa shape index (κ2) is 8.55. The fourth-order valence-electron chi connectivity index (χ4n) is 3.64. The first-order chi connectivity index (χ1) is 13.2. The van der Waals surface area contributed by atoms with Crippen LogP contribution in [0.25, 0.3) is 0 Å². The summed E-state index contributed by atoms with van der Waals surface area (Å²) in [6.45, 7) is 5.16. The normalized spacial score (nSPS) is 21.5. The summed E-state index contributed by atoms with van der Waals surface area (Å²) in [4.78, 5) is 30.9. The average molecular weight is 394 g/mol. The van der Waals surface area contributed by atoms with Gasteiger partial charge in [0.05, 0.1) is 18.3 Å². The molecule has 1 aromatic heterocycles. The first-order valence-electron chi connectivity index (χ1n) is 9.89. The Balaban J connectivity index is 1.18. The van der Waals surface area contributed by atoms with Crippen molar-refractivity contribution in [1.29, 1.82) is 0 Å². The molecular formula is C17H27N7O2S. The van der Waals surface area contributed by atoms with E-state index in [-0.39, 0.29) is 11.8 Å². The molecule has 3 heterocycles. The van der Waals surface area contributed by atoms with Crippen molar-refractivity contribution in [3.63, 3.8) is 0 Å². The van der Waals surface area contributed by atoms with Crippen molar-refractivity contribution < 1.29 is 9.59 Å². The van der Waals surface area contributed by atoms with E-state index in [0.29, 0.717) is 31.4 Å². The Kier molecular flexibility index (Phi) is 5.92. The molecule has 2 saturated heterocycles. The summed E-state index contributed by atoms with van der Waals surface area (Å²) in [6.07, 6.45) is 5.70. The van der Waals surface area contributed by atoms with Gasteiger partial charge in [-0.15, -0.1) is 5.10 Å². The van der Waals surface area contributed by atoms with Gasteiger partial charge in [-0.05, 0) is 42.5 Å². The molecule has 148 valence electrons. The zero-order valence-corrected chi connectivity index (χ0v) is 16.4. The van der Waals surface area contributed by atoms with E-state index in [1.54, 1.807) is 0 Å². The number of hydrogen-bond acceptors (Lipinski definition) is 7. The molecule has 4 rings (SSSR count). The van der Waals surface area contributed by atoms with Crippen molar-refractivity contribution >= 4 is 23.6 Å². The number of likely N-dealkylation sites (tertiary alicyclic amines) is 1. The molecular weight excluding hydrogens is 366 g/mol. The van der Waals surface area contributed by atoms with Crippen LogP contribution in [0.5, 0.6) is 0 Å². The van der Waals surface area contributed by atoms with Gasteiger partial charge in [-0.2, -0.15) is 0 Å². The Bertz CT molecular complexity index is 664. The predicted molar refractivity (Wildman–Crippen MR) is 100 cm³/mol. The number of hydrogen-bond donors (Lipinski definition) is 0. The lowest BCUT2D eigenvalue weighted by molar-refractivity contribution is -0.134. The first-order valence-corrected chi connectivity index (χ1v) is 10.9. The van der Waals surface area contributed by atoms with E-state index in [4.69, 9.17) is 0 Å². The van der Waals surface area contributed by atoms with E-state index in [9.17, 15) is 9.59 Å². The summed E-state index contributed by atoms with van der Waals surface area (Å²) in [5.41, 5.74) is 0. The highest BCUT2D eigenvalue weighted by Gasteiger charge is 2.29. The molecule has 2 aliphatic heterocycles. The molecule has 10 heteroatoms. The fourth-order valence-corrected chi connectivity index (χ4v) is 4.48. The molecule has 1 aromatic rings. The second-order valence-corrected chi connectivity index (χ2v) is 8.47. The number of piperidine rings is 1. The van der Waals surface area contributed by atoms with Crippen LogP contribution in [-0.4, -0.2) is 98.3 Å². The lowest BCUT2D eigenvalue weighted by Gasteiger charge is -2.36. The van der Waals surface area contributed by atoms with E-state index < -0.39 is 0 Å². The number of piperazine rings is 1. The van der Waals surface area contributed by atoms with Gasteiger partial charge < -0.3 is 9.80 Å². The molecule has 0 atom stereocenters. The molecule has 0 N–H and O–H groups in total. The van der Waals surface area contributed by atoms with Crippen LogP contribution in [0.15, 0.2) is 5.16 Å². The van der Waals surface area contributed by atoms with Gasteiger partial charge in [-0.25, -0.2) is 4.68 Å². The minimum Gasteiger partial charge on any atom is -0.342 e. The van der Waals surface area contributed by atoms with Gasteiger partial charge in [0.1, 0.15) is 0 Å². The molecule has 0 aromatic carbocycles. The van der Waals surface area contributed by atoms with Crippen molar-refractivity contribution in [2.45, 2.75) is 43.3 Å². The molecule has 0 spiro atoms. The average Bonchev–Trinajstić information content (AvgIpc) is 3.45. The van der Waals surface area contributed by atoms with Crippen LogP contribution in [-0.2, 0) is 9.59 Å². The Morgan fingerprint density at radius 2 is 1.63 bits per heavy atom. The smallest absolute Gasteiger partial charge is 0.236 e. The highest BCUT2D eigenvalue weighted by molar-refractivity contribution is 7.99. The number of tetrazole rings is 1. The van der Waals surface area contributed by atoms with Crippen molar-refractivity contribution in [1.82, 2.24) is 34.9 Å². The van der Waals surface area contributed by atoms with Gasteiger partial charge in [0.15, 0.2) is 0 Å². The van der Waals surface area contributed by atoms with Gasteiger partial charge in [0.2, 0.25) is 17.0 Å². The SMILES string of the molecule is O=C(CSc1nnnn1C1CC1)N1CCN(CC(=O)N2CCCCC2)CC1. The van der Waals surface area contributed by atoms with Crippen molar-refractivity contribution in [2.75, 3.05) is 51.6 Å². The van der Waals surface area contributed by atoms with Gasteiger partial charge in [-0.1, -0.05) is 11.8 Å². The Morgan fingerprint density at radius 1 is 0.926 bits per heavy atom. The highest BCUT2D eigenvalue weighted by atomic mass is 32.2. The number of aromatic nitrogens is 4. The molecule has 3 aliphatic rings. The molecule has 2 amide bonds. The molecule has 0 unspecified atom stereocenters. The zero-order chi connectivity index (χ0) is 18.6. The van der Waals surface area contributed by atoms with Crippen molar-refractivity contribution in [3.8, 4) is 0 Å². The van der Waals surface area contributed by atoms with Crippen LogP contribution in [0.1, 0.15) is 38.1 Å². The topological polar surface area (TPSA) is 87.5 Å². The molecule has 9 nitrogen and oxygen atoms in total. The number of thioether (sulfide) groups is 1. The Labute approximate surface area is 163 Å². The quantitative estimate of drug-likeness (QED) is 0.641. The number of amides is 2. The van der Waals surface area contributed by atoms with E-state index in [2.05, 4.69) is 20.4 Å². The largest absolute Gasteiger partial charge is 0.342 e. The molecule has 27 heavy (non-hydrogen) atoms. The summed E-state index contributed by atoms with van der Waals surface area (Å²) in [5.74, 6) is 0.712. The summed E-state index contributed by atoms with van der Waals surface area (Å²) in [7, 11) is 0. The third kappa shape index (κ3) is 4.78. The van der Waals surface area contributed by atoms with Crippen molar-refractivity contribution in [2.24, 2.45) is 0 Å². The maximum atomic E-state index is 12.5. The maximum absolute atomic E-state index is 12.5. The number of carbonyl (C=O) groups is 2. The molecule has 0 bridgehead atoms. The van der Waals surface area contributed by atoms with Crippen LogP contribution in [0, 0.1) is 0 Å². The lowest BCUT2D eigenvalue weighted by Crippen LogP contribution is -2.52. The predicted octanol–water partition coefficient (Wildman–Crippen LogP) is 0.257. The number of rotatable bonds is 6. The molecule has 1 aliphatic carbocycles. The maximum Gasteiger partial charge on any atom is 0.236 e. The number of carbonyl (C=O) groups excluding carboxylic acids is 2. The Morgan fingerprint density at radius 3 is 2.33 bits per heavy atom. The van der Waals surface area contributed by atoms with Crippen LogP contribution < -0.4 is 0 Å². The zero-order valence-electron chi connectivity index (χ0n) is 15.6. The van der Waals surface area contributed by atoms with E-state index in [1.165, 1.54) is 18.2 Å².